The minimum atomic E-state index is 0.176. The van der Waals surface area contributed by atoms with Crippen molar-refractivity contribution in [3.8, 4) is 5.75 Å². The van der Waals surface area contributed by atoms with Gasteiger partial charge in [-0.3, -0.25) is 9.89 Å². The Labute approximate surface area is 157 Å². The van der Waals surface area contributed by atoms with Crippen LogP contribution in [0, 0.1) is 0 Å². The fourth-order valence-corrected chi connectivity index (χ4v) is 3.11. The van der Waals surface area contributed by atoms with E-state index in [0.717, 1.165) is 51.4 Å². The van der Waals surface area contributed by atoms with Gasteiger partial charge in [0.2, 0.25) is 0 Å². The van der Waals surface area contributed by atoms with Gasteiger partial charge in [-0.15, -0.1) is 0 Å². The molecule has 146 valence electrons. The number of nitrogens with zero attached hydrogens (tertiary/aromatic N) is 3. The minimum absolute atomic E-state index is 0.176. The summed E-state index contributed by atoms with van der Waals surface area (Å²) in [6.07, 6.45) is 1.02. The van der Waals surface area contributed by atoms with Crippen LogP contribution in [0.4, 0.5) is 5.69 Å². The van der Waals surface area contributed by atoms with E-state index in [-0.39, 0.29) is 6.04 Å². The molecule has 2 rings (SSSR count). The van der Waals surface area contributed by atoms with Crippen LogP contribution in [-0.2, 0) is 4.74 Å². The Bertz CT molecular complexity index is 541. The van der Waals surface area contributed by atoms with Gasteiger partial charge in [0.25, 0.3) is 0 Å². The fraction of sp³-hybridized carbons (Fsp3) is 0.632. The zero-order chi connectivity index (χ0) is 18.8. The average molecular weight is 364 g/mol. The Morgan fingerprint density at radius 3 is 2.50 bits per heavy atom. The van der Waals surface area contributed by atoms with E-state index in [1.54, 1.807) is 14.2 Å². The lowest BCUT2D eigenvalue weighted by atomic mass is 10.2. The summed E-state index contributed by atoms with van der Waals surface area (Å²) in [6.45, 7) is 8.70. The van der Waals surface area contributed by atoms with Crippen LogP contribution in [0.5, 0.6) is 5.75 Å². The summed E-state index contributed by atoms with van der Waals surface area (Å²) in [5.74, 6) is 1.40. The number of nitrogens with two attached hydrogens (primary N) is 1. The van der Waals surface area contributed by atoms with Gasteiger partial charge < -0.3 is 25.4 Å². The van der Waals surface area contributed by atoms with Crippen molar-refractivity contribution in [3.63, 3.8) is 0 Å². The molecule has 7 nitrogen and oxygen atoms in total. The molecule has 1 atom stereocenters. The zero-order valence-electron chi connectivity index (χ0n) is 16.3. The molecule has 1 saturated heterocycles. The topological polar surface area (TPSA) is 75.4 Å². The number of aliphatic imine (C=N–C) groups is 1. The first kappa shape index (κ1) is 20.3. The quantitative estimate of drug-likeness (QED) is 0.389. The van der Waals surface area contributed by atoms with Crippen molar-refractivity contribution in [2.24, 2.45) is 10.7 Å². The zero-order valence-corrected chi connectivity index (χ0v) is 16.3. The van der Waals surface area contributed by atoms with Crippen molar-refractivity contribution >= 4 is 11.6 Å². The van der Waals surface area contributed by atoms with E-state index in [1.165, 1.54) is 5.69 Å². The summed E-state index contributed by atoms with van der Waals surface area (Å²) in [6, 6.07) is 8.47. The van der Waals surface area contributed by atoms with Crippen molar-refractivity contribution in [1.82, 2.24) is 10.2 Å². The van der Waals surface area contributed by atoms with Crippen LogP contribution in [0.25, 0.3) is 0 Å². The maximum Gasteiger partial charge on any atom is 0.188 e. The molecule has 1 aromatic rings. The Morgan fingerprint density at radius 1 is 1.19 bits per heavy atom. The van der Waals surface area contributed by atoms with Gasteiger partial charge in [-0.25, -0.2) is 0 Å². The number of rotatable bonds is 9. The summed E-state index contributed by atoms with van der Waals surface area (Å²) in [7, 11) is 3.38. The molecule has 1 aliphatic rings. The SMILES string of the molecule is COCC(C)NC(N)=NCCCN1CCN(c2ccc(OC)cc2)CC1. The molecule has 7 heteroatoms. The number of ether oxygens (including phenoxy) is 2. The normalized spacial score (nSPS) is 17.2. The monoisotopic (exact) mass is 363 g/mol. The number of guanidine groups is 1. The van der Waals surface area contributed by atoms with Gasteiger partial charge in [0.15, 0.2) is 5.96 Å². The number of anilines is 1. The minimum Gasteiger partial charge on any atom is -0.497 e. The highest BCUT2D eigenvalue weighted by Crippen LogP contribution is 2.20. The Hall–Kier alpha value is -1.99. The third-order valence-corrected chi connectivity index (χ3v) is 4.54. The van der Waals surface area contributed by atoms with E-state index in [4.69, 9.17) is 15.2 Å². The first-order valence-electron chi connectivity index (χ1n) is 9.29. The smallest absolute Gasteiger partial charge is 0.188 e. The van der Waals surface area contributed by atoms with Crippen LogP contribution in [0.3, 0.4) is 0 Å². The second-order valence-corrected chi connectivity index (χ2v) is 6.65. The lowest BCUT2D eigenvalue weighted by molar-refractivity contribution is 0.179. The highest BCUT2D eigenvalue weighted by molar-refractivity contribution is 5.78. The van der Waals surface area contributed by atoms with E-state index in [0.29, 0.717) is 12.6 Å². The summed E-state index contributed by atoms with van der Waals surface area (Å²) in [4.78, 5) is 9.31. The maximum absolute atomic E-state index is 5.88. The molecule has 1 aliphatic heterocycles. The van der Waals surface area contributed by atoms with Gasteiger partial charge >= 0.3 is 0 Å². The number of piperazine rings is 1. The largest absolute Gasteiger partial charge is 0.497 e. The Balaban J connectivity index is 1.64. The van der Waals surface area contributed by atoms with Crippen LogP contribution in [0.1, 0.15) is 13.3 Å². The van der Waals surface area contributed by atoms with Gasteiger partial charge in [0, 0.05) is 58.1 Å². The second-order valence-electron chi connectivity index (χ2n) is 6.65. The Morgan fingerprint density at radius 2 is 1.88 bits per heavy atom. The van der Waals surface area contributed by atoms with E-state index in [9.17, 15) is 0 Å². The van der Waals surface area contributed by atoms with Crippen molar-refractivity contribution in [2.45, 2.75) is 19.4 Å². The molecule has 0 radical (unpaired) electrons. The third-order valence-electron chi connectivity index (χ3n) is 4.54. The Kier molecular flexibility index (Phi) is 8.50. The second kappa shape index (κ2) is 10.9. The molecular weight excluding hydrogens is 330 g/mol. The molecule has 0 aliphatic carbocycles. The number of hydrogen-bond acceptors (Lipinski definition) is 5. The lowest BCUT2D eigenvalue weighted by Crippen LogP contribution is -2.46. The predicted molar refractivity (Wildman–Crippen MR) is 107 cm³/mol. The molecule has 3 N–H and O–H groups in total. The van der Waals surface area contributed by atoms with Crippen LogP contribution in [0.15, 0.2) is 29.3 Å². The molecule has 1 heterocycles. The molecule has 0 saturated carbocycles. The molecule has 0 aromatic heterocycles. The van der Waals surface area contributed by atoms with Crippen LogP contribution >= 0.6 is 0 Å². The maximum atomic E-state index is 5.88. The molecule has 1 aromatic carbocycles. The van der Waals surface area contributed by atoms with E-state index in [2.05, 4.69) is 32.2 Å². The number of methoxy groups -OCH3 is 2. The number of benzene rings is 1. The highest BCUT2D eigenvalue weighted by atomic mass is 16.5. The number of hydrogen-bond donors (Lipinski definition) is 2. The fourth-order valence-electron chi connectivity index (χ4n) is 3.11. The van der Waals surface area contributed by atoms with Crippen molar-refractivity contribution < 1.29 is 9.47 Å². The van der Waals surface area contributed by atoms with Crippen molar-refractivity contribution in [2.75, 3.05) is 65.0 Å². The molecule has 0 amide bonds. The molecular formula is C19H33N5O2. The molecule has 0 bridgehead atoms. The van der Waals surface area contributed by atoms with Crippen molar-refractivity contribution in [3.05, 3.63) is 24.3 Å². The molecule has 26 heavy (non-hydrogen) atoms. The van der Waals surface area contributed by atoms with Gasteiger partial charge in [-0.05, 0) is 37.6 Å². The molecule has 1 unspecified atom stereocenters. The van der Waals surface area contributed by atoms with E-state index < -0.39 is 0 Å². The molecule has 0 spiro atoms. The van der Waals surface area contributed by atoms with Crippen LogP contribution in [0.2, 0.25) is 0 Å². The van der Waals surface area contributed by atoms with Gasteiger partial charge in [0.1, 0.15) is 5.75 Å². The summed E-state index contributed by atoms with van der Waals surface area (Å²) in [5, 5.41) is 3.12. The summed E-state index contributed by atoms with van der Waals surface area (Å²) >= 11 is 0. The van der Waals surface area contributed by atoms with Gasteiger partial charge in [0.05, 0.1) is 13.7 Å². The van der Waals surface area contributed by atoms with Gasteiger partial charge in [-0.1, -0.05) is 0 Å². The predicted octanol–water partition coefficient (Wildman–Crippen LogP) is 1.15. The van der Waals surface area contributed by atoms with Crippen molar-refractivity contribution in [1.29, 1.82) is 0 Å². The summed E-state index contributed by atoms with van der Waals surface area (Å²) in [5.41, 5.74) is 7.14. The van der Waals surface area contributed by atoms with Gasteiger partial charge in [-0.2, -0.15) is 0 Å². The average Bonchev–Trinajstić information content (AvgIpc) is 2.66. The lowest BCUT2D eigenvalue weighted by Gasteiger charge is -2.36. The first-order valence-corrected chi connectivity index (χ1v) is 9.29. The number of nitrogens with one attached hydrogen (secondary N) is 1. The third kappa shape index (κ3) is 6.72. The van der Waals surface area contributed by atoms with Crippen LogP contribution in [-0.4, -0.2) is 77.0 Å². The van der Waals surface area contributed by atoms with E-state index >= 15 is 0 Å². The molecule has 1 fully saturated rings. The summed E-state index contributed by atoms with van der Waals surface area (Å²) < 4.78 is 10.3. The van der Waals surface area contributed by atoms with E-state index in [1.807, 2.05) is 19.1 Å². The highest BCUT2D eigenvalue weighted by Gasteiger charge is 2.16. The first-order chi connectivity index (χ1) is 12.6. The van der Waals surface area contributed by atoms with Crippen LogP contribution < -0.4 is 20.7 Å². The standard InChI is InChI=1S/C19H33N5O2/c1-16(15-25-2)22-19(20)21-9-4-10-23-11-13-24(14-12-23)17-5-7-18(26-3)8-6-17/h5-8,16H,4,9-15H2,1-3H3,(H3,20,21,22).